The standard InChI is InChI=1S/C14H15NO2/c1-3-13-12(8-9-14(15-13)17-2)10-4-6-11(16)7-5-10/h4-9,16H,3H2,1-2H3. The summed E-state index contributed by atoms with van der Waals surface area (Å²) in [5, 5.41) is 9.28. The zero-order valence-corrected chi connectivity index (χ0v) is 9.97. The van der Waals surface area contributed by atoms with Gasteiger partial charge < -0.3 is 9.84 Å². The van der Waals surface area contributed by atoms with Gasteiger partial charge in [0.05, 0.1) is 12.8 Å². The minimum absolute atomic E-state index is 0.272. The van der Waals surface area contributed by atoms with E-state index in [2.05, 4.69) is 11.9 Å². The molecule has 0 fully saturated rings. The van der Waals surface area contributed by atoms with Crippen LogP contribution in [0.5, 0.6) is 11.6 Å². The maximum absolute atomic E-state index is 9.28. The Bertz CT molecular complexity index is 506. The fourth-order valence-corrected chi connectivity index (χ4v) is 1.77. The van der Waals surface area contributed by atoms with Gasteiger partial charge in [-0.1, -0.05) is 19.1 Å². The van der Waals surface area contributed by atoms with Crippen molar-refractivity contribution in [3.63, 3.8) is 0 Å². The van der Waals surface area contributed by atoms with E-state index in [1.165, 1.54) is 0 Å². The first-order chi connectivity index (χ1) is 8.24. The van der Waals surface area contributed by atoms with Crippen LogP contribution in [0.2, 0.25) is 0 Å². The lowest BCUT2D eigenvalue weighted by atomic mass is 10.0. The molecule has 0 bridgehead atoms. The molecule has 17 heavy (non-hydrogen) atoms. The van der Waals surface area contributed by atoms with Crippen LogP contribution in [0.4, 0.5) is 0 Å². The van der Waals surface area contributed by atoms with Crippen LogP contribution in [-0.2, 0) is 6.42 Å². The van der Waals surface area contributed by atoms with Crippen molar-refractivity contribution < 1.29 is 9.84 Å². The second kappa shape index (κ2) is 4.87. The number of aromatic hydroxyl groups is 1. The van der Waals surface area contributed by atoms with Crippen molar-refractivity contribution >= 4 is 0 Å². The molecule has 1 aromatic heterocycles. The average molecular weight is 229 g/mol. The molecule has 2 rings (SSSR count). The first-order valence-corrected chi connectivity index (χ1v) is 5.58. The highest BCUT2D eigenvalue weighted by Crippen LogP contribution is 2.26. The van der Waals surface area contributed by atoms with E-state index in [-0.39, 0.29) is 5.75 Å². The van der Waals surface area contributed by atoms with Crippen LogP contribution in [0.3, 0.4) is 0 Å². The van der Waals surface area contributed by atoms with Crippen molar-refractivity contribution in [1.29, 1.82) is 0 Å². The van der Waals surface area contributed by atoms with E-state index in [1.54, 1.807) is 19.2 Å². The third-order valence-corrected chi connectivity index (χ3v) is 2.67. The Morgan fingerprint density at radius 2 is 1.82 bits per heavy atom. The molecule has 1 N–H and O–H groups in total. The van der Waals surface area contributed by atoms with Gasteiger partial charge in [-0.25, -0.2) is 4.98 Å². The summed E-state index contributed by atoms with van der Waals surface area (Å²) in [6, 6.07) is 11.0. The maximum Gasteiger partial charge on any atom is 0.213 e. The van der Waals surface area contributed by atoms with Crippen LogP contribution in [-0.4, -0.2) is 17.2 Å². The van der Waals surface area contributed by atoms with E-state index in [4.69, 9.17) is 4.74 Å². The van der Waals surface area contributed by atoms with Gasteiger partial charge in [0.2, 0.25) is 5.88 Å². The second-order valence-corrected chi connectivity index (χ2v) is 3.75. The first kappa shape index (κ1) is 11.5. The molecular weight excluding hydrogens is 214 g/mol. The predicted octanol–water partition coefficient (Wildman–Crippen LogP) is 3.03. The zero-order valence-electron chi connectivity index (χ0n) is 9.97. The molecule has 1 heterocycles. The Kier molecular flexibility index (Phi) is 3.28. The number of rotatable bonds is 3. The zero-order chi connectivity index (χ0) is 12.3. The summed E-state index contributed by atoms with van der Waals surface area (Å²) >= 11 is 0. The summed E-state index contributed by atoms with van der Waals surface area (Å²) in [5.41, 5.74) is 3.12. The van der Waals surface area contributed by atoms with Gasteiger partial charge in [-0.15, -0.1) is 0 Å². The van der Waals surface area contributed by atoms with Crippen LogP contribution in [0.15, 0.2) is 36.4 Å². The average Bonchev–Trinajstić information content (AvgIpc) is 2.39. The number of ether oxygens (including phenoxy) is 1. The number of benzene rings is 1. The monoisotopic (exact) mass is 229 g/mol. The quantitative estimate of drug-likeness (QED) is 0.879. The summed E-state index contributed by atoms with van der Waals surface area (Å²) in [7, 11) is 1.61. The van der Waals surface area contributed by atoms with Gasteiger partial charge in [-0.3, -0.25) is 0 Å². The van der Waals surface area contributed by atoms with E-state index >= 15 is 0 Å². The normalized spacial score (nSPS) is 10.2. The first-order valence-electron chi connectivity index (χ1n) is 5.58. The molecule has 0 atom stereocenters. The Morgan fingerprint density at radius 3 is 2.41 bits per heavy atom. The highest BCUT2D eigenvalue weighted by molar-refractivity contribution is 5.67. The Morgan fingerprint density at radius 1 is 1.12 bits per heavy atom. The molecule has 0 radical (unpaired) electrons. The Hall–Kier alpha value is -2.03. The van der Waals surface area contributed by atoms with Crippen LogP contribution in [0.25, 0.3) is 11.1 Å². The molecule has 2 aromatic rings. The Balaban J connectivity index is 2.47. The van der Waals surface area contributed by atoms with E-state index < -0.39 is 0 Å². The van der Waals surface area contributed by atoms with Crippen molar-refractivity contribution in [3.05, 3.63) is 42.1 Å². The highest BCUT2D eigenvalue weighted by Gasteiger charge is 2.06. The number of phenolic OH excluding ortho intramolecular Hbond substituents is 1. The van der Waals surface area contributed by atoms with Gasteiger partial charge in [-0.2, -0.15) is 0 Å². The summed E-state index contributed by atoms with van der Waals surface area (Å²) < 4.78 is 5.12. The van der Waals surface area contributed by atoms with E-state index in [0.717, 1.165) is 23.2 Å². The van der Waals surface area contributed by atoms with Gasteiger partial charge in [0.15, 0.2) is 0 Å². The van der Waals surface area contributed by atoms with Gasteiger partial charge in [0, 0.05) is 11.6 Å². The van der Waals surface area contributed by atoms with Crippen LogP contribution >= 0.6 is 0 Å². The summed E-state index contributed by atoms with van der Waals surface area (Å²) in [6.45, 7) is 2.06. The summed E-state index contributed by atoms with van der Waals surface area (Å²) in [5.74, 6) is 0.901. The molecule has 0 unspecified atom stereocenters. The molecule has 0 aliphatic carbocycles. The van der Waals surface area contributed by atoms with Crippen LogP contribution in [0.1, 0.15) is 12.6 Å². The highest BCUT2D eigenvalue weighted by atomic mass is 16.5. The van der Waals surface area contributed by atoms with Gasteiger partial charge in [-0.05, 0) is 30.2 Å². The fourth-order valence-electron chi connectivity index (χ4n) is 1.77. The lowest BCUT2D eigenvalue weighted by Crippen LogP contribution is -1.95. The molecule has 0 saturated heterocycles. The molecule has 0 aliphatic rings. The number of nitrogens with zero attached hydrogens (tertiary/aromatic N) is 1. The molecule has 88 valence electrons. The number of aryl methyl sites for hydroxylation is 1. The van der Waals surface area contributed by atoms with E-state index in [0.29, 0.717) is 5.88 Å². The van der Waals surface area contributed by atoms with Crippen molar-refractivity contribution in [2.24, 2.45) is 0 Å². The number of hydrogen-bond donors (Lipinski definition) is 1. The van der Waals surface area contributed by atoms with Crippen molar-refractivity contribution in [1.82, 2.24) is 4.98 Å². The number of phenols is 1. The predicted molar refractivity (Wildman–Crippen MR) is 67.3 cm³/mol. The molecule has 3 nitrogen and oxygen atoms in total. The van der Waals surface area contributed by atoms with Crippen molar-refractivity contribution in [3.8, 4) is 22.8 Å². The number of hydrogen-bond acceptors (Lipinski definition) is 3. The lowest BCUT2D eigenvalue weighted by Gasteiger charge is -2.09. The van der Waals surface area contributed by atoms with E-state index in [9.17, 15) is 5.11 Å². The molecular formula is C14H15NO2. The SMILES string of the molecule is CCc1nc(OC)ccc1-c1ccc(O)cc1. The van der Waals surface area contributed by atoms with E-state index in [1.807, 2.05) is 24.3 Å². The molecule has 1 aromatic carbocycles. The topological polar surface area (TPSA) is 42.4 Å². The number of methoxy groups -OCH3 is 1. The van der Waals surface area contributed by atoms with Crippen LogP contribution in [0, 0.1) is 0 Å². The second-order valence-electron chi connectivity index (χ2n) is 3.75. The fraction of sp³-hybridized carbons (Fsp3) is 0.214. The molecule has 0 amide bonds. The number of pyridine rings is 1. The minimum Gasteiger partial charge on any atom is -0.508 e. The van der Waals surface area contributed by atoms with Crippen molar-refractivity contribution in [2.75, 3.05) is 7.11 Å². The van der Waals surface area contributed by atoms with Gasteiger partial charge in [0.25, 0.3) is 0 Å². The lowest BCUT2D eigenvalue weighted by molar-refractivity contribution is 0.396. The smallest absolute Gasteiger partial charge is 0.213 e. The largest absolute Gasteiger partial charge is 0.508 e. The Labute approximate surface area is 101 Å². The van der Waals surface area contributed by atoms with Crippen LogP contribution < -0.4 is 4.74 Å². The molecule has 3 heteroatoms. The third-order valence-electron chi connectivity index (χ3n) is 2.67. The van der Waals surface area contributed by atoms with Gasteiger partial charge in [0.1, 0.15) is 5.75 Å². The molecule has 0 saturated carbocycles. The number of aromatic nitrogens is 1. The molecule has 0 spiro atoms. The third kappa shape index (κ3) is 2.38. The summed E-state index contributed by atoms with van der Waals surface area (Å²) in [4.78, 5) is 4.42. The minimum atomic E-state index is 0.272. The van der Waals surface area contributed by atoms with Gasteiger partial charge >= 0.3 is 0 Å². The van der Waals surface area contributed by atoms with Crippen molar-refractivity contribution in [2.45, 2.75) is 13.3 Å². The molecule has 0 aliphatic heterocycles. The summed E-state index contributed by atoms with van der Waals surface area (Å²) in [6.07, 6.45) is 0.841. The maximum atomic E-state index is 9.28.